The second-order valence-corrected chi connectivity index (χ2v) is 5.07. The highest BCUT2D eigenvalue weighted by Gasteiger charge is 2.32. The van der Waals surface area contributed by atoms with E-state index < -0.39 is 11.5 Å². The van der Waals surface area contributed by atoms with Crippen molar-refractivity contribution in [3.05, 3.63) is 35.9 Å². The first-order valence-electron chi connectivity index (χ1n) is 5.96. The summed E-state index contributed by atoms with van der Waals surface area (Å²) in [5, 5.41) is 12.5. The number of rotatable bonds is 6. The molecule has 0 aliphatic carbocycles. The van der Waals surface area contributed by atoms with E-state index in [1.807, 2.05) is 30.3 Å². The monoisotopic (exact) mass is 235 g/mol. The summed E-state index contributed by atoms with van der Waals surface area (Å²) in [6.07, 6.45) is 0.496. The van der Waals surface area contributed by atoms with Crippen molar-refractivity contribution < 1.29 is 9.90 Å². The van der Waals surface area contributed by atoms with Gasteiger partial charge in [0.1, 0.15) is 5.54 Å². The molecule has 17 heavy (non-hydrogen) atoms. The van der Waals surface area contributed by atoms with Gasteiger partial charge in [0.2, 0.25) is 0 Å². The largest absolute Gasteiger partial charge is 0.480 e. The quantitative estimate of drug-likeness (QED) is 0.795. The summed E-state index contributed by atoms with van der Waals surface area (Å²) in [5.41, 5.74) is 0.139. The van der Waals surface area contributed by atoms with Crippen LogP contribution < -0.4 is 5.32 Å². The Balaban J connectivity index is 2.75. The van der Waals surface area contributed by atoms with Gasteiger partial charge in [0.05, 0.1) is 0 Å². The number of hydrogen-bond acceptors (Lipinski definition) is 2. The molecular weight excluding hydrogens is 214 g/mol. The van der Waals surface area contributed by atoms with Gasteiger partial charge in [-0.3, -0.25) is 4.79 Å². The third-order valence-corrected chi connectivity index (χ3v) is 2.77. The molecule has 0 amide bonds. The van der Waals surface area contributed by atoms with Gasteiger partial charge in [0.15, 0.2) is 0 Å². The zero-order chi connectivity index (χ0) is 12.9. The van der Waals surface area contributed by atoms with Crippen molar-refractivity contribution in [3.8, 4) is 0 Å². The van der Waals surface area contributed by atoms with E-state index in [-0.39, 0.29) is 0 Å². The van der Waals surface area contributed by atoms with Crippen molar-refractivity contribution in [2.45, 2.75) is 32.7 Å². The van der Waals surface area contributed by atoms with Crippen LogP contribution >= 0.6 is 0 Å². The molecule has 1 rings (SSSR count). The van der Waals surface area contributed by atoms with Crippen molar-refractivity contribution in [3.63, 3.8) is 0 Å². The lowest BCUT2D eigenvalue weighted by Crippen LogP contribution is -2.52. The number of carbonyl (C=O) groups is 1. The van der Waals surface area contributed by atoms with E-state index in [9.17, 15) is 9.90 Å². The fourth-order valence-corrected chi connectivity index (χ4v) is 1.65. The minimum absolute atomic E-state index is 0.435. The van der Waals surface area contributed by atoms with Gasteiger partial charge in [-0.1, -0.05) is 44.2 Å². The second kappa shape index (κ2) is 5.82. The maximum absolute atomic E-state index is 11.4. The molecule has 1 unspecified atom stereocenters. The van der Waals surface area contributed by atoms with Crippen LogP contribution in [0.1, 0.15) is 26.3 Å². The lowest BCUT2D eigenvalue weighted by atomic mass is 9.92. The van der Waals surface area contributed by atoms with Crippen LogP contribution in [0.3, 0.4) is 0 Å². The van der Waals surface area contributed by atoms with E-state index in [2.05, 4.69) is 19.2 Å². The minimum Gasteiger partial charge on any atom is -0.480 e. The molecule has 2 N–H and O–H groups in total. The van der Waals surface area contributed by atoms with E-state index in [1.165, 1.54) is 0 Å². The summed E-state index contributed by atoms with van der Waals surface area (Å²) >= 11 is 0. The third-order valence-electron chi connectivity index (χ3n) is 2.77. The number of aliphatic carboxylic acids is 1. The van der Waals surface area contributed by atoms with Crippen LogP contribution in [-0.2, 0) is 11.2 Å². The van der Waals surface area contributed by atoms with Gasteiger partial charge in [-0.05, 0) is 24.9 Å². The van der Waals surface area contributed by atoms with E-state index in [4.69, 9.17) is 0 Å². The summed E-state index contributed by atoms with van der Waals surface area (Å²) < 4.78 is 0. The number of carboxylic acid groups (broad SMARTS) is 1. The number of hydrogen-bond donors (Lipinski definition) is 2. The van der Waals surface area contributed by atoms with Gasteiger partial charge >= 0.3 is 5.97 Å². The minimum atomic E-state index is -0.897. The Kier molecular flexibility index (Phi) is 4.70. The summed E-state index contributed by atoms with van der Waals surface area (Å²) in [4.78, 5) is 11.4. The maximum atomic E-state index is 11.4. The average molecular weight is 235 g/mol. The first-order valence-corrected chi connectivity index (χ1v) is 5.96. The molecule has 1 aromatic carbocycles. The SMILES string of the molecule is CC(C)CNC(C)(Cc1ccccc1)C(=O)O. The highest BCUT2D eigenvalue weighted by Crippen LogP contribution is 2.14. The van der Waals surface area contributed by atoms with E-state index in [1.54, 1.807) is 6.92 Å². The van der Waals surface area contributed by atoms with Crippen molar-refractivity contribution >= 4 is 5.97 Å². The molecule has 0 radical (unpaired) electrons. The number of carboxylic acids is 1. The molecule has 0 fully saturated rings. The Morgan fingerprint density at radius 2 is 1.94 bits per heavy atom. The van der Waals surface area contributed by atoms with Crippen molar-refractivity contribution in [1.82, 2.24) is 5.32 Å². The van der Waals surface area contributed by atoms with Crippen LogP contribution in [0.2, 0.25) is 0 Å². The zero-order valence-electron chi connectivity index (χ0n) is 10.7. The Labute approximate surface area is 103 Å². The summed E-state index contributed by atoms with van der Waals surface area (Å²) in [7, 11) is 0. The predicted octanol–water partition coefficient (Wildman–Crippen LogP) is 2.32. The lowest BCUT2D eigenvalue weighted by molar-refractivity contribution is -0.144. The van der Waals surface area contributed by atoms with Gasteiger partial charge < -0.3 is 10.4 Å². The molecule has 0 saturated carbocycles. The topological polar surface area (TPSA) is 49.3 Å². The molecule has 0 aliphatic rings. The van der Waals surface area contributed by atoms with Crippen LogP contribution in [0.4, 0.5) is 0 Å². The molecule has 1 aromatic rings. The normalized spacial score (nSPS) is 14.6. The molecule has 94 valence electrons. The summed E-state index contributed by atoms with van der Waals surface area (Å²) in [6.45, 7) is 6.58. The first-order chi connectivity index (χ1) is 7.94. The van der Waals surface area contributed by atoms with Crippen molar-refractivity contribution in [2.75, 3.05) is 6.54 Å². The molecule has 0 saturated heterocycles. The van der Waals surface area contributed by atoms with Crippen LogP contribution in [0.25, 0.3) is 0 Å². The second-order valence-electron chi connectivity index (χ2n) is 5.07. The molecule has 3 nitrogen and oxygen atoms in total. The zero-order valence-corrected chi connectivity index (χ0v) is 10.7. The summed E-state index contributed by atoms with van der Waals surface area (Å²) in [5.74, 6) is -0.369. The van der Waals surface area contributed by atoms with Crippen LogP contribution in [0.15, 0.2) is 30.3 Å². The molecule has 3 heteroatoms. The Hall–Kier alpha value is -1.35. The van der Waals surface area contributed by atoms with Crippen LogP contribution in [0, 0.1) is 5.92 Å². The van der Waals surface area contributed by atoms with Crippen LogP contribution in [0.5, 0.6) is 0 Å². The fraction of sp³-hybridized carbons (Fsp3) is 0.500. The molecular formula is C14H21NO2. The number of nitrogens with one attached hydrogen (secondary N) is 1. The van der Waals surface area contributed by atoms with E-state index in [0.717, 1.165) is 5.56 Å². The molecule has 0 aromatic heterocycles. The van der Waals surface area contributed by atoms with Gasteiger partial charge in [0, 0.05) is 6.42 Å². The fourth-order valence-electron chi connectivity index (χ4n) is 1.65. The van der Waals surface area contributed by atoms with Crippen LogP contribution in [-0.4, -0.2) is 23.2 Å². The third kappa shape index (κ3) is 4.19. The lowest BCUT2D eigenvalue weighted by Gasteiger charge is -2.27. The van der Waals surface area contributed by atoms with Gasteiger partial charge in [-0.2, -0.15) is 0 Å². The predicted molar refractivity (Wildman–Crippen MR) is 69.0 cm³/mol. The van der Waals surface area contributed by atoms with Gasteiger partial charge in [-0.15, -0.1) is 0 Å². The standard InChI is InChI=1S/C14H21NO2/c1-11(2)10-15-14(3,13(16)17)9-12-7-5-4-6-8-12/h4-8,11,15H,9-10H2,1-3H3,(H,16,17). The highest BCUT2D eigenvalue weighted by atomic mass is 16.4. The molecule has 0 aliphatic heterocycles. The Morgan fingerprint density at radius 1 is 1.35 bits per heavy atom. The first kappa shape index (κ1) is 13.7. The average Bonchev–Trinajstić information content (AvgIpc) is 2.27. The van der Waals surface area contributed by atoms with E-state index in [0.29, 0.717) is 18.9 Å². The van der Waals surface area contributed by atoms with Crippen molar-refractivity contribution in [2.24, 2.45) is 5.92 Å². The Morgan fingerprint density at radius 3 is 2.41 bits per heavy atom. The van der Waals surface area contributed by atoms with Gasteiger partial charge in [-0.25, -0.2) is 0 Å². The molecule has 0 bridgehead atoms. The summed E-state index contributed by atoms with van der Waals surface area (Å²) in [6, 6.07) is 9.71. The maximum Gasteiger partial charge on any atom is 0.323 e. The highest BCUT2D eigenvalue weighted by molar-refractivity contribution is 5.78. The van der Waals surface area contributed by atoms with Crippen molar-refractivity contribution in [1.29, 1.82) is 0 Å². The van der Waals surface area contributed by atoms with E-state index >= 15 is 0 Å². The smallest absolute Gasteiger partial charge is 0.323 e. The molecule has 0 spiro atoms. The molecule has 0 heterocycles. The number of benzene rings is 1. The molecule has 1 atom stereocenters. The van der Waals surface area contributed by atoms with Gasteiger partial charge in [0.25, 0.3) is 0 Å². The Bertz CT molecular complexity index is 362.